The van der Waals surface area contributed by atoms with E-state index in [4.69, 9.17) is 4.74 Å². The molecule has 5 heteroatoms. The highest BCUT2D eigenvalue weighted by atomic mass is 19.1. The topological polar surface area (TPSA) is 58.6 Å². The van der Waals surface area contributed by atoms with Gasteiger partial charge >= 0.3 is 5.97 Å². The quantitative estimate of drug-likeness (QED) is 0.358. The molecule has 172 valence electrons. The number of para-hydroxylation sites is 1. The number of nitrogens with one attached hydrogen (secondary N) is 1. The first-order chi connectivity index (χ1) is 16.5. The van der Waals surface area contributed by atoms with Crippen LogP contribution < -0.4 is 10.1 Å². The summed E-state index contributed by atoms with van der Waals surface area (Å²) < 4.78 is 20.3. The van der Waals surface area contributed by atoms with Crippen LogP contribution in [-0.4, -0.2) is 23.7 Å². The molecule has 0 amide bonds. The van der Waals surface area contributed by atoms with E-state index in [1.54, 1.807) is 6.07 Å². The molecule has 0 saturated carbocycles. The van der Waals surface area contributed by atoms with Gasteiger partial charge < -0.3 is 15.2 Å². The average Bonchev–Trinajstić information content (AvgIpc) is 2.86. The number of carbonyl (C=O) groups is 1. The maximum absolute atomic E-state index is 14.0. The summed E-state index contributed by atoms with van der Waals surface area (Å²) in [5.41, 5.74) is 2.70. The monoisotopic (exact) mass is 455 g/mol. The van der Waals surface area contributed by atoms with Crippen LogP contribution in [0.5, 0.6) is 5.75 Å². The standard InChI is InChI=1S/C29H26FNO3/c1-18(22-11-6-8-19-7-2-3-9-23(19)22)31-17-21-16-25(24-10-4-5-12-28(24)34-21)20-13-14-27(30)26(15-20)29(32)33/h2-15,18,21,25,31H,16-17H2,1H3,(H,32,33)/t18-,21-,25-/m1/s1. The van der Waals surface area contributed by atoms with Crippen molar-refractivity contribution in [2.75, 3.05) is 6.54 Å². The molecular weight excluding hydrogens is 429 g/mol. The second-order valence-corrected chi connectivity index (χ2v) is 8.81. The van der Waals surface area contributed by atoms with E-state index in [-0.39, 0.29) is 23.6 Å². The Morgan fingerprint density at radius 3 is 2.68 bits per heavy atom. The molecule has 0 radical (unpaired) electrons. The second-order valence-electron chi connectivity index (χ2n) is 8.81. The van der Waals surface area contributed by atoms with Gasteiger partial charge in [0.2, 0.25) is 0 Å². The van der Waals surface area contributed by atoms with Crippen LogP contribution in [0.1, 0.15) is 52.4 Å². The normalized spacial score (nSPS) is 18.2. The van der Waals surface area contributed by atoms with Crippen molar-refractivity contribution in [1.82, 2.24) is 5.32 Å². The van der Waals surface area contributed by atoms with Crippen LogP contribution in [0.4, 0.5) is 4.39 Å². The molecule has 5 rings (SSSR count). The predicted octanol–water partition coefficient (Wildman–Crippen LogP) is 6.31. The van der Waals surface area contributed by atoms with Gasteiger partial charge in [0, 0.05) is 24.1 Å². The molecule has 0 fully saturated rings. The first-order valence-electron chi connectivity index (χ1n) is 11.5. The highest BCUT2D eigenvalue weighted by Crippen LogP contribution is 2.40. The summed E-state index contributed by atoms with van der Waals surface area (Å²) in [4.78, 5) is 11.5. The summed E-state index contributed by atoms with van der Waals surface area (Å²) in [6.07, 6.45) is 0.549. The smallest absolute Gasteiger partial charge is 0.338 e. The molecule has 0 aliphatic carbocycles. The number of aromatic carboxylic acids is 1. The van der Waals surface area contributed by atoms with Crippen LogP contribution in [0.3, 0.4) is 0 Å². The van der Waals surface area contributed by atoms with E-state index in [1.807, 2.05) is 30.3 Å². The highest BCUT2D eigenvalue weighted by Gasteiger charge is 2.30. The molecule has 0 spiro atoms. The number of rotatable bonds is 6. The van der Waals surface area contributed by atoms with Gasteiger partial charge in [-0.2, -0.15) is 0 Å². The van der Waals surface area contributed by atoms with E-state index in [9.17, 15) is 14.3 Å². The van der Waals surface area contributed by atoms with Crippen molar-refractivity contribution in [2.45, 2.75) is 31.4 Å². The predicted molar refractivity (Wildman–Crippen MR) is 131 cm³/mol. The van der Waals surface area contributed by atoms with E-state index < -0.39 is 11.8 Å². The Balaban J connectivity index is 1.39. The number of fused-ring (bicyclic) bond motifs is 2. The zero-order valence-corrected chi connectivity index (χ0v) is 18.9. The lowest BCUT2D eigenvalue weighted by molar-refractivity contribution is 0.0691. The summed E-state index contributed by atoms with van der Waals surface area (Å²) in [7, 11) is 0. The molecule has 1 heterocycles. The van der Waals surface area contributed by atoms with Crippen LogP contribution in [0.2, 0.25) is 0 Å². The van der Waals surface area contributed by atoms with Crippen molar-refractivity contribution >= 4 is 16.7 Å². The molecule has 0 bridgehead atoms. The summed E-state index contributed by atoms with van der Waals surface area (Å²) in [6.45, 7) is 2.78. The van der Waals surface area contributed by atoms with Crippen LogP contribution in [0.15, 0.2) is 84.9 Å². The number of halogens is 1. The minimum Gasteiger partial charge on any atom is -0.489 e. The minimum absolute atomic E-state index is 0.0803. The molecular formula is C29H26FNO3. The minimum atomic E-state index is -1.26. The third kappa shape index (κ3) is 4.27. The van der Waals surface area contributed by atoms with E-state index in [0.29, 0.717) is 13.0 Å². The number of carboxylic acids is 1. The van der Waals surface area contributed by atoms with Crippen molar-refractivity contribution in [1.29, 1.82) is 0 Å². The maximum Gasteiger partial charge on any atom is 0.338 e. The molecule has 4 aromatic carbocycles. The molecule has 1 aliphatic heterocycles. The fourth-order valence-electron chi connectivity index (χ4n) is 4.90. The largest absolute Gasteiger partial charge is 0.489 e. The summed E-state index contributed by atoms with van der Waals surface area (Å²) >= 11 is 0. The fraction of sp³-hybridized carbons (Fsp3) is 0.207. The maximum atomic E-state index is 14.0. The molecule has 2 N–H and O–H groups in total. The Kier molecular flexibility index (Phi) is 6.03. The Labute approximate surface area is 198 Å². The Hall–Kier alpha value is -3.70. The van der Waals surface area contributed by atoms with Gasteiger partial charge in [0.05, 0.1) is 5.56 Å². The molecule has 0 saturated heterocycles. The molecule has 1 aliphatic rings. The van der Waals surface area contributed by atoms with Crippen LogP contribution >= 0.6 is 0 Å². The second kappa shape index (κ2) is 9.27. The van der Waals surface area contributed by atoms with Crippen LogP contribution in [-0.2, 0) is 0 Å². The lowest BCUT2D eigenvalue weighted by Crippen LogP contribution is -2.37. The molecule has 34 heavy (non-hydrogen) atoms. The van der Waals surface area contributed by atoms with Crippen molar-refractivity contribution in [2.24, 2.45) is 0 Å². The molecule has 0 unspecified atom stereocenters. The average molecular weight is 456 g/mol. The van der Waals surface area contributed by atoms with Crippen LogP contribution in [0.25, 0.3) is 10.8 Å². The van der Waals surface area contributed by atoms with Crippen molar-refractivity contribution < 1.29 is 19.0 Å². The third-order valence-corrected chi connectivity index (χ3v) is 6.65. The molecule has 3 atom stereocenters. The molecule has 4 aromatic rings. The van der Waals surface area contributed by atoms with Gasteiger partial charge in [-0.05, 0) is 53.4 Å². The van der Waals surface area contributed by atoms with Crippen molar-refractivity contribution in [3.8, 4) is 5.75 Å². The summed E-state index contributed by atoms with van der Waals surface area (Å²) in [6, 6.07) is 27.0. The van der Waals surface area contributed by atoms with Gasteiger partial charge in [-0.25, -0.2) is 9.18 Å². The number of ether oxygens (including phenoxy) is 1. The summed E-state index contributed by atoms with van der Waals surface area (Å²) in [5, 5.41) is 15.5. The first-order valence-corrected chi connectivity index (χ1v) is 11.5. The van der Waals surface area contributed by atoms with Crippen LogP contribution in [0, 0.1) is 5.82 Å². The first kappa shape index (κ1) is 22.1. The zero-order chi connectivity index (χ0) is 23.7. The van der Waals surface area contributed by atoms with E-state index in [0.717, 1.165) is 16.9 Å². The van der Waals surface area contributed by atoms with Crippen molar-refractivity contribution in [3.63, 3.8) is 0 Å². The van der Waals surface area contributed by atoms with Gasteiger partial charge in [-0.1, -0.05) is 66.7 Å². The van der Waals surface area contributed by atoms with Crippen molar-refractivity contribution in [3.05, 3.63) is 113 Å². The number of carboxylic acid groups (broad SMARTS) is 1. The van der Waals surface area contributed by atoms with E-state index in [1.165, 1.54) is 28.5 Å². The van der Waals surface area contributed by atoms with E-state index in [2.05, 4.69) is 48.6 Å². The number of hydrogen-bond acceptors (Lipinski definition) is 3. The zero-order valence-electron chi connectivity index (χ0n) is 18.9. The van der Waals surface area contributed by atoms with Gasteiger partial charge in [0.15, 0.2) is 0 Å². The number of hydrogen-bond donors (Lipinski definition) is 2. The Morgan fingerprint density at radius 2 is 1.82 bits per heavy atom. The lowest BCUT2D eigenvalue weighted by Gasteiger charge is -2.33. The Bertz CT molecular complexity index is 1350. The number of benzene rings is 4. The lowest BCUT2D eigenvalue weighted by atomic mass is 9.83. The van der Waals surface area contributed by atoms with E-state index >= 15 is 0 Å². The fourth-order valence-corrected chi connectivity index (χ4v) is 4.90. The van der Waals surface area contributed by atoms with Gasteiger partial charge in [-0.3, -0.25) is 0 Å². The highest BCUT2D eigenvalue weighted by molar-refractivity contribution is 5.88. The van der Waals surface area contributed by atoms with Gasteiger partial charge in [0.1, 0.15) is 17.7 Å². The molecule has 0 aromatic heterocycles. The Morgan fingerprint density at radius 1 is 1.06 bits per heavy atom. The molecule has 4 nitrogen and oxygen atoms in total. The third-order valence-electron chi connectivity index (χ3n) is 6.65. The SMILES string of the molecule is C[C@@H](NC[C@H]1C[C@H](c2ccc(F)c(C(=O)O)c2)c2ccccc2O1)c1cccc2ccccc12. The summed E-state index contributed by atoms with van der Waals surface area (Å²) in [5.74, 6) is -1.28. The van der Waals surface area contributed by atoms with Gasteiger partial charge in [0.25, 0.3) is 0 Å². The van der Waals surface area contributed by atoms with Gasteiger partial charge in [-0.15, -0.1) is 0 Å².